The van der Waals surface area contributed by atoms with Gasteiger partial charge in [0.1, 0.15) is 0 Å². The molecule has 0 bridgehead atoms. The maximum atomic E-state index is 3.38. The third-order valence-electron chi connectivity index (χ3n) is 5.03. The topological polar surface area (TPSA) is 18.5 Å². The van der Waals surface area contributed by atoms with Gasteiger partial charge in [0.15, 0.2) is 0 Å². The van der Waals surface area contributed by atoms with Crippen molar-refractivity contribution < 1.29 is 0 Å². The van der Waals surface area contributed by atoms with Crippen molar-refractivity contribution in [1.82, 2.24) is 0 Å². The number of rotatable bonds is 5. The van der Waals surface area contributed by atoms with Crippen LogP contribution in [0, 0.1) is 6.92 Å². The molecule has 0 aliphatic rings. The molecule has 3 nitrogen and oxygen atoms in total. The van der Waals surface area contributed by atoms with Gasteiger partial charge in [0, 0.05) is 57.9 Å². The molecule has 3 aromatic rings. The number of benzene rings is 3. The van der Waals surface area contributed by atoms with Crippen molar-refractivity contribution in [2.24, 2.45) is 0 Å². The zero-order chi connectivity index (χ0) is 19.6. The molecule has 0 aromatic heterocycles. The Hall–Kier alpha value is -2.94. The summed E-state index contributed by atoms with van der Waals surface area (Å²) in [6.07, 6.45) is 0. The number of hydrogen-bond donors (Lipinski definition) is 1. The maximum absolute atomic E-state index is 3.38. The molecule has 0 aliphatic heterocycles. The highest BCUT2D eigenvalue weighted by Crippen LogP contribution is 2.40. The van der Waals surface area contributed by atoms with Crippen molar-refractivity contribution in [3.63, 3.8) is 0 Å². The van der Waals surface area contributed by atoms with E-state index >= 15 is 0 Å². The van der Waals surface area contributed by atoms with Crippen molar-refractivity contribution >= 4 is 17.1 Å². The van der Waals surface area contributed by atoms with Gasteiger partial charge >= 0.3 is 0 Å². The van der Waals surface area contributed by atoms with Gasteiger partial charge in [-0.2, -0.15) is 0 Å². The third-order valence-corrected chi connectivity index (χ3v) is 5.03. The summed E-state index contributed by atoms with van der Waals surface area (Å²) in [5.41, 5.74) is 9.82. The standard InChI is InChI=1S/C24H29N3/c1-17-7-16-22(25-2)24(19-10-14-21(15-11-19)27(5)6)23(17)18-8-12-20(13-9-18)26(3)4/h7-16,25H,1-6H3. The van der Waals surface area contributed by atoms with E-state index in [1.165, 1.54) is 39.2 Å². The van der Waals surface area contributed by atoms with Crippen LogP contribution in [0.15, 0.2) is 60.7 Å². The second kappa shape index (κ2) is 7.75. The third kappa shape index (κ3) is 3.77. The van der Waals surface area contributed by atoms with Gasteiger partial charge in [-0.05, 0) is 59.5 Å². The zero-order valence-electron chi connectivity index (χ0n) is 17.2. The Morgan fingerprint density at radius 1 is 0.593 bits per heavy atom. The molecule has 0 amide bonds. The Morgan fingerprint density at radius 2 is 1.04 bits per heavy atom. The second-order valence-electron chi connectivity index (χ2n) is 7.31. The SMILES string of the molecule is CNc1ccc(C)c(-c2ccc(N(C)C)cc2)c1-c1ccc(N(C)C)cc1. The van der Waals surface area contributed by atoms with Gasteiger partial charge in [-0.1, -0.05) is 30.3 Å². The Kier molecular flexibility index (Phi) is 5.41. The lowest BCUT2D eigenvalue weighted by Crippen LogP contribution is -2.08. The molecule has 0 radical (unpaired) electrons. The smallest absolute Gasteiger partial charge is 0.0423 e. The van der Waals surface area contributed by atoms with Crippen LogP contribution in [-0.4, -0.2) is 35.2 Å². The molecule has 0 spiro atoms. The van der Waals surface area contributed by atoms with Gasteiger partial charge in [-0.15, -0.1) is 0 Å². The van der Waals surface area contributed by atoms with Crippen LogP contribution in [0.1, 0.15) is 5.56 Å². The van der Waals surface area contributed by atoms with Gasteiger partial charge in [0.05, 0.1) is 0 Å². The minimum Gasteiger partial charge on any atom is -0.388 e. The molecule has 0 heterocycles. The summed E-state index contributed by atoms with van der Waals surface area (Å²) < 4.78 is 0. The van der Waals surface area contributed by atoms with Crippen molar-refractivity contribution in [3.05, 3.63) is 66.2 Å². The van der Waals surface area contributed by atoms with E-state index in [2.05, 4.69) is 111 Å². The highest BCUT2D eigenvalue weighted by Gasteiger charge is 2.15. The number of anilines is 3. The van der Waals surface area contributed by atoms with E-state index < -0.39 is 0 Å². The summed E-state index contributed by atoms with van der Waals surface area (Å²) in [6.45, 7) is 2.19. The van der Waals surface area contributed by atoms with Gasteiger partial charge in [0.25, 0.3) is 0 Å². The van der Waals surface area contributed by atoms with E-state index in [4.69, 9.17) is 0 Å². The van der Waals surface area contributed by atoms with Crippen LogP contribution < -0.4 is 15.1 Å². The van der Waals surface area contributed by atoms with Crippen LogP contribution in [0.25, 0.3) is 22.3 Å². The fourth-order valence-corrected chi connectivity index (χ4v) is 3.44. The number of nitrogens with one attached hydrogen (secondary N) is 1. The Morgan fingerprint density at radius 3 is 1.44 bits per heavy atom. The summed E-state index contributed by atoms with van der Waals surface area (Å²) in [5, 5.41) is 3.38. The van der Waals surface area contributed by atoms with E-state index in [-0.39, 0.29) is 0 Å². The highest BCUT2D eigenvalue weighted by molar-refractivity contribution is 5.94. The number of aryl methyl sites for hydroxylation is 1. The van der Waals surface area contributed by atoms with Gasteiger partial charge < -0.3 is 15.1 Å². The molecule has 3 aromatic carbocycles. The van der Waals surface area contributed by atoms with Crippen LogP contribution >= 0.6 is 0 Å². The first-order chi connectivity index (χ1) is 12.9. The fraction of sp³-hybridized carbons (Fsp3) is 0.250. The fourth-order valence-electron chi connectivity index (χ4n) is 3.44. The summed E-state index contributed by atoms with van der Waals surface area (Å²) in [7, 11) is 10.3. The molecule has 3 rings (SSSR count). The Bertz CT molecular complexity index is 908. The zero-order valence-corrected chi connectivity index (χ0v) is 17.2. The molecular weight excluding hydrogens is 330 g/mol. The first kappa shape index (κ1) is 18.8. The summed E-state index contributed by atoms with van der Waals surface area (Å²) >= 11 is 0. The van der Waals surface area contributed by atoms with Crippen molar-refractivity contribution in [2.75, 3.05) is 50.4 Å². The second-order valence-corrected chi connectivity index (χ2v) is 7.31. The molecular formula is C24H29N3. The average molecular weight is 360 g/mol. The molecule has 0 unspecified atom stereocenters. The molecule has 3 heteroatoms. The van der Waals surface area contributed by atoms with E-state index in [9.17, 15) is 0 Å². The molecule has 0 saturated carbocycles. The lowest BCUT2D eigenvalue weighted by molar-refractivity contribution is 1.13. The molecule has 0 aliphatic carbocycles. The van der Waals surface area contributed by atoms with Crippen LogP contribution in [0.2, 0.25) is 0 Å². The van der Waals surface area contributed by atoms with E-state index in [1.807, 2.05) is 7.05 Å². The van der Waals surface area contributed by atoms with Crippen molar-refractivity contribution in [1.29, 1.82) is 0 Å². The van der Waals surface area contributed by atoms with Crippen LogP contribution in [0.3, 0.4) is 0 Å². The maximum Gasteiger partial charge on any atom is 0.0423 e. The van der Waals surface area contributed by atoms with E-state index in [0.717, 1.165) is 5.69 Å². The lowest BCUT2D eigenvalue weighted by Gasteiger charge is -2.20. The monoisotopic (exact) mass is 359 g/mol. The largest absolute Gasteiger partial charge is 0.388 e. The molecule has 0 atom stereocenters. The molecule has 140 valence electrons. The van der Waals surface area contributed by atoms with Gasteiger partial charge in [0.2, 0.25) is 0 Å². The minimum atomic E-state index is 1.14. The predicted molar refractivity (Wildman–Crippen MR) is 120 cm³/mol. The molecule has 1 N–H and O–H groups in total. The molecule has 27 heavy (non-hydrogen) atoms. The Balaban J connectivity index is 2.19. The quantitative estimate of drug-likeness (QED) is 0.649. The van der Waals surface area contributed by atoms with Gasteiger partial charge in [-0.3, -0.25) is 0 Å². The first-order valence-electron chi connectivity index (χ1n) is 9.29. The normalized spacial score (nSPS) is 10.6. The predicted octanol–water partition coefficient (Wildman–Crippen LogP) is 5.50. The van der Waals surface area contributed by atoms with Crippen molar-refractivity contribution in [3.8, 4) is 22.3 Å². The number of hydrogen-bond acceptors (Lipinski definition) is 3. The number of nitrogens with zero attached hydrogens (tertiary/aromatic N) is 2. The Labute approximate surface area is 163 Å². The van der Waals surface area contributed by atoms with Crippen LogP contribution in [-0.2, 0) is 0 Å². The molecule has 0 fully saturated rings. The van der Waals surface area contributed by atoms with Crippen LogP contribution in [0.4, 0.5) is 17.1 Å². The summed E-state index contributed by atoms with van der Waals surface area (Å²) in [6, 6.07) is 21.9. The minimum absolute atomic E-state index is 1.14. The first-order valence-corrected chi connectivity index (χ1v) is 9.29. The summed E-state index contributed by atoms with van der Waals surface area (Å²) in [5.74, 6) is 0. The van der Waals surface area contributed by atoms with Crippen LogP contribution in [0.5, 0.6) is 0 Å². The highest BCUT2D eigenvalue weighted by atomic mass is 15.1. The van der Waals surface area contributed by atoms with E-state index in [1.54, 1.807) is 0 Å². The van der Waals surface area contributed by atoms with Crippen molar-refractivity contribution in [2.45, 2.75) is 6.92 Å². The molecule has 0 saturated heterocycles. The average Bonchev–Trinajstić information content (AvgIpc) is 2.68. The lowest BCUT2D eigenvalue weighted by atomic mass is 9.89. The van der Waals surface area contributed by atoms with Gasteiger partial charge in [-0.25, -0.2) is 0 Å². The van der Waals surface area contributed by atoms with E-state index in [0.29, 0.717) is 0 Å². The summed E-state index contributed by atoms with van der Waals surface area (Å²) in [4.78, 5) is 4.25.